The van der Waals surface area contributed by atoms with Gasteiger partial charge in [0.1, 0.15) is 4.90 Å². The minimum Gasteiger partial charge on any atom is -0.478 e. The molecule has 0 saturated heterocycles. The summed E-state index contributed by atoms with van der Waals surface area (Å²) in [7, 11) is -3.86. The highest BCUT2D eigenvalue weighted by Gasteiger charge is 2.22. The predicted octanol–water partition coefficient (Wildman–Crippen LogP) is 2.72. The molecule has 20 heavy (non-hydrogen) atoms. The van der Waals surface area contributed by atoms with Crippen LogP contribution < -0.4 is 4.72 Å². The van der Waals surface area contributed by atoms with Crippen molar-refractivity contribution in [1.82, 2.24) is 4.72 Å². The Labute approximate surface area is 131 Å². The molecule has 0 fully saturated rings. The second kappa shape index (κ2) is 7.51. The average molecular weight is 358 g/mol. The molecule has 0 aliphatic carbocycles. The van der Waals surface area contributed by atoms with Crippen LogP contribution in [0.15, 0.2) is 17.0 Å². The van der Waals surface area contributed by atoms with Gasteiger partial charge >= 0.3 is 5.97 Å². The summed E-state index contributed by atoms with van der Waals surface area (Å²) in [4.78, 5) is 10.7. The first kappa shape index (κ1) is 17.6. The number of carboxylic acids is 1. The van der Waals surface area contributed by atoms with Crippen LogP contribution in [0.5, 0.6) is 0 Å². The van der Waals surface area contributed by atoms with Crippen LogP contribution in [0.3, 0.4) is 0 Å². The number of hydrogen-bond acceptors (Lipinski definition) is 4. The number of benzene rings is 1. The van der Waals surface area contributed by atoms with Crippen molar-refractivity contribution in [2.45, 2.75) is 11.3 Å². The molecule has 0 aliphatic rings. The third-order valence-corrected chi connectivity index (χ3v) is 5.29. The summed E-state index contributed by atoms with van der Waals surface area (Å²) >= 11 is 13.1. The minimum atomic E-state index is -3.86. The molecule has 1 rings (SSSR count). The Kier molecular flexibility index (Phi) is 6.60. The van der Waals surface area contributed by atoms with Gasteiger partial charge in [-0.05, 0) is 30.6 Å². The SMILES string of the molecule is CSCCCNS(=O)(=O)c1cc(C(=O)O)c(Cl)cc1Cl. The van der Waals surface area contributed by atoms with Crippen LogP contribution >= 0.6 is 35.0 Å². The molecule has 2 N–H and O–H groups in total. The summed E-state index contributed by atoms with van der Waals surface area (Å²) in [5.74, 6) is -0.498. The first-order valence-electron chi connectivity index (χ1n) is 5.50. The summed E-state index contributed by atoms with van der Waals surface area (Å²) < 4.78 is 26.5. The van der Waals surface area contributed by atoms with Gasteiger partial charge in [0.2, 0.25) is 10.0 Å². The molecule has 9 heteroatoms. The van der Waals surface area contributed by atoms with Crippen LogP contribution in [0.4, 0.5) is 0 Å². The molecule has 0 saturated carbocycles. The van der Waals surface area contributed by atoms with E-state index in [0.29, 0.717) is 6.42 Å². The molecule has 1 aromatic carbocycles. The topological polar surface area (TPSA) is 83.5 Å². The number of carboxylic acid groups (broad SMARTS) is 1. The van der Waals surface area contributed by atoms with Crippen LogP contribution in [-0.4, -0.2) is 38.0 Å². The number of sulfonamides is 1. The maximum Gasteiger partial charge on any atom is 0.337 e. The fraction of sp³-hybridized carbons (Fsp3) is 0.364. The van der Waals surface area contributed by atoms with Crippen molar-refractivity contribution in [1.29, 1.82) is 0 Å². The van der Waals surface area contributed by atoms with E-state index in [4.69, 9.17) is 28.3 Å². The van der Waals surface area contributed by atoms with E-state index in [9.17, 15) is 13.2 Å². The summed E-state index contributed by atoms with van der Waals surface area (Å²) in [5.41, 5.74) is -0.305. The number of carbonyl (C=O) groups is 1. The molecule has 5 nitrogen and oxygen atoms in total. The highest BCUT2D eigenvalue weighted by Crippen LogP contribution is 2.28. The molecule has 0 bridgehead atoms. The molecule has 0 radical (unpaired) electrons. The van der Waals surface area contributed by atoms with E-state index in [0.717, 1.165) is 17.9 Å². The van der Waals surface area contributed by atoms with Crippen molar-refractivity contribution in [3.63, 3.8) is 0 Å². The molecule has 112 valence electrons. The van der Waals surface area contributed by atoms with Crippen LogP contribution in [0.25, 0.3) is 0 Å². The van der Waals surface area contributed by atoms with E-state index < -0.39 is 16.0 Å². The number of thioether (sulfide) groups is 1. The van der Waals surface area contributed by atoms with Gasteiger partial charge in [0.15, 0.2) is 0 Å². The molecule has 0 atom stereocenters. The lowest BCUT2D eigenvalue weighted by atomic mass is 10.2. The predicted molar refractivity (Wildman–Crippen MR) is 81.6 cm³/mol. The number of halogens is 2. The van der Waals surface area contributed by atoms with Crippen molar-refractivity contribution in [3.05, 3.63) is 27.7 Å². The smallest absolute Gasteiger partial charge is 0.337 e. The summed E-state index contributed by atoms with van der Waals surface area (Å²) in [6.45, 7) is 0.254. The van der Waals surface area contributed by atoms with Gasteiger partial charge in [0, 0.05) is 6.54 Å². The first-order chi connectivity index (χ1) is 9.29. The number of rotatable bonds is 7. The van der Waals surface area contributed by atoms with E-state index in [1.807, 2.05) is 6.26 Å². The summed E-state index contributed by atoms with van der Waals surface area (Å²) in [5, 5.41) is 8.73. The van der Waals surface area contributed by atoms with Crippen LogP contribution in [0.1, 0.15) is 16.8 Å². The highest BCUT2D eigenvalue weighted by atomic mass is 35.5. The maximum absolute atomic E-state index is 12.1. The van der Waals surface area contributed by atoms with Crippen molar-refractivity contribution >= 4 is 51.0 Å². The number of aromatic carboxylic acids is 1. The number of hydrogen-bond donors (Lipinski definition) is 2. The lowest BCUT2D eigenvalue weighted by molar-refractivity contribution is 0.0697. The zero-order valence-electron chi connectivity index (χ0n) is 10.5. The van der Waals surface area contributed by atoms with E-state index in [-0.39, 0.29) is 27.0 Å². The second-order valence-electron chi connectivity index (χ2n) is 3.81. The molecule has 0 amide bonds. The summed E-state index contributed by atoms with van der Waals surface area (Å²) in [6, 6.07) is 2.08. The monoisotopic (exact) mass is 357 g/mol. The van der Waals surface area contributed by atoms with Crippen molar-refractivity contribution in [2.75, 3.05) is 18.6 Å². The van der Waals surface area contributed by atoms with Crippen LogP contribution in [0.2, 0.25) is 10.0 Å². The highest BCUT2D eigenvalue weighted by molar-refractivity contribution is 7.98. The third kappa shape index (κ3) is 4.53. The Morgan fingerprint density at radius 2 is 2.00 bits per heavy atom. The normalized spacial score (nSPS) is 11.6. The van der Waals surface area contributed by atoms with Gasteiger partial charge in [-0.3, -0.25) is 0 Å². The quantitative estimate of drug-likeness (QED) is 0.733. The Balaban J connectivity index is 3.05. The van der Waals surface area contributed by atoms with E-state index in [1.54, 1.807) is 11.8 Å². The maximum atomic E-state index is 12.1. The van der Waals surface area contributed by atoms with Gasteiger partial charge in [0.05, 0.1) is 15.6 Å². The van der Waals surface area contributed by atoms with Crippen molar-refractivity contribution in [2.24, 2.45) is 0 Å². The van der Waals surface area contributed by atoms with Gasteiger partial charge in [-0.15, -0.1) is 0 Å². The largest absolute Gasteiger partial charge is 0.478 e. The molecular weight excluding hydrogens is 345 g/mol. The molecule has 0 heterocycles. The van der Waals surface area contributed by atoms with Crippen LogP contribution in [-0.2, 0) is 10.0 Å². The molecule has 0 spiro atoms. The molecule has 0 unspecified atom stereocenters. The Morgan fingerprint density at radius 3 is 2.55 bits per heavy atom. The number of nitrogens with one attached hydrogen (secondary N) is 1. The van der Waals surface area contributed by atoms with Crippen molar-refractivity contribution in [3.8, 4) is 0 Å². The molecule has 1 aromatic rings. The summed E-state index contributed by atoms with van der Waals surface area (Å²) in [6.07, 6.45) is 2.58. The zero-order valence-corrected chi connectivity index (χ0v) is 13.7. The Hall–Kier alpha value is -0.470. The van der Waals surface area contributed by atoms with Crippen molar-refractivity contribution < 1.29 is 18.3 Å². The fourth-order valence-electron chi connectivity index (χ4n) is 1.40. The fourth-order valence-corrected chi connectivity index (χ4v) is 3.76. The van der Waals surface area contributed by atoms with Gasteiger partial charge < -0.3 is 5.11 Å². The zero-order chi connectivity index (χ0) is 15.3. The standard InChI is InChI=1S/C11H13Cl2NO4S2/c1-19-4-2-3-14-20(17,18)10-5-7(11(15)16)8(12)6-9(10)13/h5-6,14H,2-4H2,1H3,(H,15,16). The van der Waals surface area contributed by atoms with Gasteiger partial charge in [-0.25, -0.2) is 17.9 Å². The second-order valence-corrected chi connectivity index (χ2v) is 7.35. The van der Waals surface area contributed by atoms with Gasteiger partial charge in [0.25, 0.3) is 0 Å². The average Bonchev–Trinajstić information content (AvgIpc) is 2.33. The third-order valence-electron chi connectivity index (χ3n) is 2.36. The van der Waals surface area contributed by atoms with E-state index in [1.165, 1.54) is 0 Å². The first-order valence-corrected chi connectivity index (χ1v) is 9.14. The molecular formula is C11H13Cl2NO4S2. The minimum absolute atomic E-state index is 0.108. The molecule has 0 aliphatic heterocycles. The van der Waals surface area contributed by atoms with Gasteiger partial charge in [-0.2, -0.15) is 11.8 Å². The Morgan fingerprint density at radius 1 is 1.35 bits per heavy atom. The lowest BCUT2D eigenvalue weighted by Gasteiger charge is -2.10. The Bertz CT molecular complexity index is 605. The van der Waals surface area contributed by atoms with Gasteiger partial charge in [-0.1, -0.05) is 23.2 Å². The van der Waals surface area contributed by atoms with E-state index in [2.05, 4.69) is 4.72 Å². The van der Waals surface area contributed by atoms with E-state index >= 15 is 0 Å². The lowest BCUT2D eigenvalue weighted by Crippen LogP contribution is -2.25. The van der Waals surface area contributed by atoms with Crippen LogP contribution in [0, 0.1) is 0 Å². The molecule has 0 aromatic heterocycles.